The lowest BCUT2D eigenvalue weighted by atomic mass is 10.2. The van der Waals surface area contributed by atoms with Crippen molar-refractivity contribution in [2.24, 2.45) is 0 Å². The third-order valence-electron chi connectivity index (χ3n) is 2.83. The van der Waals surface area contributed by atoms with Gasteiger partial charge in [0.05, 0.1) is 16.4 Å². The normalized spacial score (nSPS) is 15.2. The quantitative estimate of drug-likeness (QED) is 0.820. The summed E-state index contributed by atoms with van der Waals surface area (Å²) < 4.78 is 13.2. The lowest BCUT2D eigenvalue weighted by Gasteiger charge is -2.25. The zero-order valence-electron chi connectivity index (χ0n) is 9.34. The Bertz CT molecular complexity index is 391. The number of nitrogens with zero attached hydrogens (tertiary/aromatic N) is 1. The molecule has 0 radical (unpaired) electrons. The Balaban J connectivity index is 2.32. The Kier molecular flexibility index (Phi) is 3.24. The van der Waals surface area contributed by atoms with Crippen molar-refractivity contribution in [1.29, 1.82) is 0 Å². The van der Waals surface area contributed by atoms with Crippen LogP contribution in [0.2, 0.25) is 5.02 Å². The average molecular weight is 243 g/mol. The minimum Gasteiger partial charge on any atom is -0.397 e. The zero-order valence-corrected chi connectivity index (χ0v) is 10.1. The maximum Gasteiger partial charge on any atom is 0.143 e. The summed E-state index contributed by atoms with van der Waals surface area (Å²) in [6.45, 7) is 3.06. The molecule has 1 aromatic rings. The topological polar surface area (TPSA) is 29.3 Å². The van der Waals surface area contributed by atoms with Crippen molar-refractivity contribution in [3.8, 4) is 0 Å². The second-order valence-corrected chi connectivity index (χ2v) is 4.66. The molecule has 4 heteroatoms. The van der Waals surface area contributed by atoms with E-state index in [4.69, 9.17) is 17.3 Å². The van der Waals surface area contributed by atoms with Gasteiger partial charge < -0.3 is 10.6 Å². The monoisotopic (exact) mass is 242 g/mol. The highest BCUT2D eigenvalue weighted by Crippen LogP contribution is 2.37. The van der Waals surface area contributed by atoms with Crippen LogP contribution in [0, 0.1) is 5.82 Å². The summed E-state index contributed by atoms with van der Waals surface area (Å²) in [6.07, 6.45) is 3.42. The van der Waals surface area contributed by atoms with E-state index in [1.807, 2.05) is 0 Å². The van der Waals surface area contributed by atoms with E-state index in [2.05, 4.69) is 11.8 Å². The van der Waals surface area contributed by atoms with Crippen molar-refractivity contribution in [1.82, 2.24) is 0 Å². The first kappa shape index (κ1) is 11.5. The fourth-order valence-electron chi connectivity index (χ4n) is 1.93. The fraction of sp³-hybridized carbons (Fsp3) is 0.500. The van der Waals surface area contributed by atoms with Crippen molar-refractivity contribution in [2.45, 2.75) is 32.2 Å². The summed E-state index contributed by atoms with van der Waals surface area (Å²) in [5.41, 5.74) is 7.19. The van der Waals surface area contributed by atoms with Gasteiger partial charge in [-0.25, -0.2) is 4.39 Å². The molecular weight excluding hydrogens is 227 g/mol. The molecular formula is C12H16ClFN2. The van der Waals surface area contributed by atoms with Crippen LogP contribution in [0.1, 0.15) is 26.2 Å². The Morgan fingerprint density at radius 3 is 2.75 bits per heavy atom. The second-order valence-electron chi connectivity index (χ2n) is 4.25. The van der Waals surface area contributed by atoms with Crippen molar-refractivity contribution < 1.29 is 4.39 Å². The minimum atomic E-state index is -0.449. The van der Waals surface area contributed by atoms with E-state index in [-0.39, 0.29) is 5.02 Å². The van der Waals surface area contributed by atoms with Gasteiger partial charge >= 0.3 is 0 Å². The first-order chi connectivity index (χ1) is 7.63. The average Bonchev–Trinajstić information content (AvgIpc) is 3.04. The van der Waals surface area contributed by atoms with Crippen molar-refractivity contribution in [3.05, 3.63) is 23.0 Å². The molecule has 1 aromatic carbocycles. The molecule has 88 valence electrons. The Morgan fingerprint density at radius 1 is 1.50 bits per heavy atom. The van der Waals surface area contributed by atoms with E-state index >= 15 is 0 Å². The SMILES string of the molecule is CCCN(c1cc(Cl)c(F)cc1N)C1CC1. The highest BCUT2D eigenvalue weighted by atomic mass is 35.5. The predicted molar refractivity (Wildman–Crippen MR) is 66.5 cm³/mol. The summed E-state index contributed by atoms with van der Waals surface area (Å²) in [6, 6.07) is 3.51. The Labute approximate surface area is 100 Å². The highest BCUT2D eigenvalue weighted by Gasteiger charge is 2.30. The minimum absolute atomic E-state index is 0.144. The first-order valence-corrected chi connectivity index (χ1v) is 6.02. The van der Waals surface area contributed by atoms with Crippen LogP contribution in [0.4, 0.5) is 15.8 Å². The molecule has 2 nitrogen and oxygen atoms in total. The van der Waals surface area contributed by atoms with Crippen LogP contribution in [0.15, 0.2) is 12.1 Å². The number of anilines is 2. The molecule has 0 saturated heterocycles. The number of halogens is 2. The fourth-order valence-corrected chi connectivity index (χ4v) is 2.09. The standard InChI is InChI=1S/C12H16ClFN2/c1-2-5-16(8-3-4-8)12-6-9(13)10(14)7-11(12)15/h6-8H,2-5,15H2,1H3. The number of nitrogen functional groups attached to an aromatic ring is 1. The molecule has 0 unspecified atom stereocenters. The largest absolute Gasteiger partial charge is 0.397 e. The van der Waals surface area contributed by atoms with Gasteiger partial charge in [0, 0.05) is 18.7 Å². The molecule has 1 saturated carbocycles. The van der Waals surface area contributed by atoms with Gasteiger partial charge in [0.1, 0.15) is 5.82 Å². The van der Waals surface area contributed by atoms with Gasteiger partial charge in [-0.1, -0.05) is 18.5 Å². The molecule has 0 aliphatic heterocycles. The third-order valence-corrected chi connectivity index (χ3v) is 3.12. The van der Waals surface area contributed by atoms with Crippen molar-refractivity contribution >= 4 is 23.0 Å². The highest BCUT2D eigenvalue weighted by molar-refractivity contribution is 6.31. The predicted octanol–water partition coefficient (Wildman–Crippen LogP) is 3.44. The van der Waals surface area contributed by atoms with E-state index in [1.165, 1.54) is 18.9 Å². The summed E-state index contributed by atoms with van der Waals surface area (Å²) in [7, 11) is 0. The van der Waals surface area contributed by atoms with Gasteiger partial charge in [-0.3, -0.25) is 0 Å². The van der Waals surface area contributed by atoms with E-state index in [1.54, 1.807) is 6.07 Å². The van der Waals surface area contributed by atoms with Crippen molar-refractivity contribution in [2.75, 3.05) is 17.2 Å². The van der Waals surface area contributed by atoms with Gasteiger partial charge in [-0.05, 0) is 25.3 Å². The molecule has 2 rings (SSSR count). The summed E-state index contributed by atoms with van der Waals surface area (Å²) in [4.78, 5) is 2.24. The van der Waals surface area contributed by atoms with Crippen LogP contribution < -0.4 is 10.6 Å². The van der Waals surface area contributed by atoms with Gasteiger partial charge in [-0.2, -0.15) is 0 Å². The molecule has 0 aromatic heterocycles. The van der Waals surface area contributed by atoms with Gasteiger partial charge in [0.25, 0.3) is 0 Å². The third kappa shape index (κ3) is 2.24. The Hall–Kier alpha value is -0.960. The number of nitrogens with two attached hydrogens (primary N) is 1. The van der Waals surface area contributed by atoms with Crippen LogP contribution >= 0.6 is 11.6 Å². The number of rotatable bonds is 4. The molecule has 1 aliphatic carbocycles. The lowest BCUT2D eigenvalue weighted by molar-refractivity contribution is 0.628. The van der Waals surface area contributed by atoms with E-state index in [0.29, 0.717) is 11.7 Å². The van der Waals surface area contributed by atoms with Gasteiger partial charge in [0.2, 0.25) is 0 Å². The van der Waals surface area contributed by atoms with Gasteiger partial charge in [0.15, 0.2) is 0 Å². The van der Waals surface area contributed by atoms with Gasteiger partial charge in [-0.15, -0.1) is 0 Å². The second kappa shape index (κ2) is 4.50. The molecule has 0 amide bonds. The summed E-state index contributed by atoms with van der Waals surface area (Å²) in [5, 5.41) is 0.144. The molecule has 2 N–H and O–H groups in total. The molecule has 16 heavy (non-hydrogen) atoms. The molecule has 0 bridgehead atoms. The van der Waals surface area contributed by atoms with E-state index in [0.717, 1.165) is 18.7 Å². The smallest absolute Gasteiger partial charge is 0.143 e. The number of hydrogen-bond acceptors (Lipinski definition) is 2. The molecule has 0 atom stereocenters. The Morgan fingerprint density at radius 2 is 2.19 bits per heavy atom. The first-order valence-electron chi connectivity index (χ1n) is 5.64. The maximum atomic E-state index is 13.2. The number of hydrogen-bond donors (Lipinski definition) is 1. The number of benzene rings is 1. The molecule has 1 aliphatic rings. The zero-order chi connectivity index (χ0) is 11.7. The van der Waals surface area contributed by atoms with E-state index < -0.39 is 5.82 Å². The van der Waals surface area contributed by atoms with Crippen LogP contribution in [-0.4, -0.2) is 12.6 Å². The van der Waals surface area contributed by atoms with Crippen LogP contribution in [-0.2, 0) is 0 Å². The summed E-state index contributed by atoms with van der Waals surface area (Å²) in [5.74, 6) is -0.449. The van der Waals surface area contributed by atoms with Crippen molar-refractivity contribution in [3.63, 3.8) is 0 Å². The van der Waals surface area contributed by atoms with Crippen LogP contribution in [0.25, 0.3) is 0 Å². The maximum absolute atomic E-state index is 13.2. The summed E-state index contributed by atoms with van der Waals surface area (Å²) >= 11 is 5.80. The van der Waals surface area contributed by atoms with Crippen LogP contribution in [0.5, 0.6) is 0 Å². The molecule has 0 spiro atoms. The van der Waals surface area contributed by atoms with E-state index in [9.17, 15) is 4.39 Å². The van der Waals surface area contributed by atoms with Crippen LogP contribution in [0.3, 0.4) is 0 Å². The molecule has 1 fully saturated rings. The lowest BCUT2D eigenvalue weighted by Crippen LogP contribution is -2.27. The molecule has 0 heterocycles.